The summed E-state index contributed by atoms with van der Waals surface area (Å²) in [5.41, 5.74) is 0.907. The maximum absolute atomic E-state index is 10.5. The highest BCUT2D eigenvalue weighted by molar-refractivity contribution is 6.30. The van der Waals surface area contributed by atoms with Crippen molar-refractivity contribution in [1.29, 1.82) is 0 Å². The molecule has 0 radical (unpaired) electrons. The van der Waals surface area contributed by atoms with E-state index in [2.05, 4.69) is 0 Å². The van der Waals surface area contributed by atoms with Gasteiger partial charge in [-0.1, -0.05) is 11.6 Å². The van der Waals surface area contributed by atoms with Crippen molar-refractivity contribution in [3.05, 3.63) is 63.0 Å². The van der Waals surface area contributed by atoms with Gasteiger partial charge in [0, 0.05) is 17.5 Å². The lowest BCUT2D eigenvalue weighted by Crippen LogP contribution is -1.92. The monoisotopic (exact) mass is 263 g/mol. The molecule has 0 amide bonds. The summed E-state index contributed by atoms with van der Waals surface area (Å²) >= 11 is 5.79. The third-order valence-corrected chi connectivity index (χ3v) is 2.65. The number of hydrogen-bond acceptors (Lipinski definition) is 3. The molecule has 2 aromatic rings. The van der Waals surface area contributed by atoms with Crippen LogP contribution in [0.3, 0.4) is 0 Å². The molecular weight excluding hydrogens is 254 g/mol. The van der Waals surface area contributed by atoms with Gasteiger partial charge in [0.05, 0.1) is 11.0 Å². The Morgan fingerprint density at radius 3 is 2.56 bits per heavy atom. The first-order valence-corrected chi connectivity index (χ1v) is 5.62. The molecule has 0 bridgehead atoms. The topological polar surface area (TPSA) is 56.3 Å². The molecule has 0 aliphatic rings. The first-order chi connectivity index (χ1) is 8.56. The van der Waals surface area contributed by atoms with E-state index in [1.54, 1.807) is 24.3 Å². The fourth-order valence-electron chi connectivity index (χ4n) is 1.46. The van der Waals surface area contributed by atoms with Gasteiger partial charge >= 0.3 is 0 Å². The number of benzene rings is 1. The van der Waals surface area contributed by atoms with Crippen LogP contribution in [0.15, 0.2) is 46.5 Å². The van der Waals surface area contributed by atoms with Crippen LogP contribution in [0.4, 0.5) is 0 Å². The second-order valence-corrected chi connectivity index (χ2v) is 4.19. The maximum Gasteiger partial charge on any atom is 0.246 e. The summed E-state index contributed by atoms with van der Waals surface area (Å²) in [6, 6.07) is 10.6. The lowest BCUT2D eigenvalue weighted by atomic mass is 10.2. The molecule has 0 spiro atoms. The summed E-state index contributed by atoms with van der Waals surface area (Å²) in [6.45, 7) is 1.42. The molecule has 92 valence electrons. The fraction of sp³-hybridized carbons (Fsp3) is 0.0769. The molecule has 0 atom stereocenters. The van der Waals surface area contributed by atoms with Gasteiger partial charge < -0.3 is 4.42 Å². The van der Waals surface area contributed by atoms with E-state index in [4.69, 9.17) is 16.0 Å². The third-order valence-electron chi connectivity index (χ3n) is 2.39. The Bertz CT molecular complexity index is 599. The molecule has 1 aromatic carbocycles. The molecule has 0 unspecified atom stereocenters. The summed E-state index contributed by atoms with van der Waals surface area (Å²) in [5, 5.41) is 11.1. The van der Waals surface area contributed by atoms with Crippen LogP contribution in [-0.2, 0) is 0 Å². The van der Waals surface area contributed by atoms with Gasteiger partial charge in [0.25, 0.3) is 0 Å². The number of halogens is 1. The zero-order valence-electron chi connectivity index (χ0n) is 9.59. The van der Waals surface area contributed by atoms with E-state index in [-0.39, 0.29) is 5.70 Å². The minimum absolute atomic E-state index is 0.0343. The van der Waals surface area contributed by atoms with Crippen molar-refractivity contribution in [2.75, 3.05) is 0 Å². The number of furan rings is 1. The lowest BCUT2D eigenvalue weighted by Gasteiger charge is -1.96. The van der Waals surface area contributed by atoms with Gasteiger partial charge in [0.1, 0.15) is 11.5 Å². The van der Waals surface area contributed by atoms with Crippen LogP contribution in [0.25, 0.3) is 17.4 Å². The summed E-state index contributed by atoms with van der Waals surface area (Å²) in [5.74, 6) is 1.10. The van der Waals surface area contributed by atoms with Crippen molar-refractivity contribution < 1.29 is 9.34 Å². The molecule has 0 saturated carbocycles. The van der Waals surface area contributed by atoms with E-state index < -0.39 is 4.92 Å². The van der Waals surface area contributed by atoms with Crippen LogP contribution in [-0.4, -0.2) is 4.92 Å². The minimum atomic E-state index is -0.454. The number of hydrogen-bond donors (Lipinski definition) is 0. The predicted octanol–water partition coefficient (Wildman–Crippen LogP) is 4.24. The van der Waals surface area contributed by atoms with Crippen LogP contribution >= 0.6 is 11.6 Å². The van der Waals surface area contributed by atoms with Gasteiger partial charge in [-0.2, -0.15) is 0 Å². The molecular formula is C13H10ClNO3. The fourth-order valence-corrected chi connectivity index (χ4v) is 1.58. The van der Waals surface area contributed by atoms with E-state index in [0.29, 0.717) is 16.5 Å². The Hall–Kier alpha value is -2.07. The lowest BCUT2D eigenvalue weighted by molar-refractivity contribution is -0.422. The van der Waals surface area contributed by atoms with Crippen molar-refractivity contribution in [2.45, 2.75) is 6.92 Å². The SMILES string of the molecule is C/C(=C\c1ccc(-c2ccc(Cl)cc2)o1)[N+](=O)[O-]. The van der Waals surface area contributed by atoms with Crippen LogP contribution in [0.5, 0.6) is 0 Å². The first-order valence-electron chi connectivity index (χ1n) is 5.25. The second-order valence-electron chi connectivity index (χ2n) is 3.75. The summed E-state index contributed by atoms with van der Waals surface area (Å²) in [7, 11) is 0. The Morgan fingerprint density at radius 2 is 1.94 bits per heavy atom. The quantitative estimate of drug-likeness (QED) is 0.615. The molecule has 1 aromatic heterocycles. The molecule has 18 heavy (non-hydrogen) atoms. The molecule has 4 nitrogen and oxygen atoms in total. The Balaban J connectivity index is 2.28. The Labute approximate surface area is 109 Å². The molecule has 0 saturated heterocycles. The highest BCUT2D eigenvalue weighted by atomic mass is 35.5. The summed E-state index contributed by atoms with van der Waals surface area (Å²) in [6.07, 6.45) is 1.39. The third kappa shape index (κ3) is 2.78. The van der Waals surface area contributed by atoms with Crippen molar-refractivity contribution in [1.82, 2.24) is 0 Å². The van der Waals surface area contributed by atoms with Crippen LogP contribution in [0, 0.1) is 10.1 Å². The van der Waals surface area contributed by atoms with E-state index >= 15 is 0 Å². The van der Waals surface area contributed by atoms with E-state index in [1.807, 2.05) is 12.1 Å². The van der Waals surface area contributed by atoms with Crippen LogP contribution in [0.2, 0.25) is 5.02 Å². The second kappa shape index (κ2) is 5.06. The number of rotatable bonds is 3. The van der Waals surface area contributed by atoms with Crippen molar-refractivity contribution in [3.8, 4) is 11.3 Å². The van der Waals surface area contributed by atoms with E-state index in [1.165, 1.54) is 13.0 Å². The molecule has 0 aliphatic carbocycles. The van der Waals surface area contributed by atoms with Crippen molar-refractivity contribution in [2.24, 2.45) is 0 Å². The molecule has 5 heteroatoms. The molecule has 0 aliphatic heterocycles. The number of allylic oxidation sites excluding steroid dienone is 1. The summed E-state index contributed by atoms with van der Waals surface area (Å²) in [4.78, 5) is 10.0. The summed E-state index contributed by atoms with van der Waals surface area (Å²) < 4.78 is 5.51. The van der Waals surface area contributed by atoms with Crippen LogP contribution in [0.1, 0.15) is 12.7 Å². The van der Waals surface area contributed by atoms with Crippen molar-refractivity contribution in [3.63, 3.8) is 0 Å². The average molecular weight is 264 g/mol. The largest absolute Gasteiger partial charge is 0.456 e. The maximum atomic E-state index is 10.5. The molecule has 2 rings (SSSR count). The molecule has 1 heterocycles. The van der Waals surface area contributed by atoms with E-state index in [9.17, 15) is 10.1 Å². The normalized spacial score (nSPS) is 11.6. The Kier molecular flexibility index (Phi) is 3.48. The zero-order chi connectivity index (χ0) is 13.1. The predicted molar refractivity (Wildman–Crippen MR) is 69.8 cm³/mol. The van der Waals surface area contributed by atoms with Gasteiger partial charge in [-0.25, -0.2) is 0 Å². The van der Waals surface area contributed by atoms with Gasteiger partial charge in [-0.05, 0) is 36.4 Å². The minimum Gasteiger partial charge on any atom is -0.456 e. The van der Waals surface area contributed by atoms with Gasteiger partial charge in [-0.15, -0.1) is 0 Å². The highest BCUT2D eigenvalue weighted by Crippen LogP contribution is 2.24. The highest BCUT2D eigenvalue weighted by Gasteiger charge is 2.07. The van der Waals surface area contributed by atoms with Gasteiger partial charge in [0.15, 0.2) is 0 Å². The smallest absolute Gasteiger partial charge is 0.246 e. The van der Waals surface area contributed by atoms with Gasteiger partial charge in [-0.3, -0.25) is 10.1 Å². The standard InChI is InChI=1S/C13H10ClNO3/c1-9(15(16)17)8-12-6-7-13(18-12)10-2-4-11(14)5-3-10/h2-8H,1H3/b9-8+. The average Bonchev–Trinajstić information content (AvgIpc) is 2.78. The van der Waals surface area contributed by atoms with E-state index in [0.717, 1.165) is 5.56 Å². The first kappa shape index (κ1) is 12.4. The van der Waals surface area contributed by atoms with Crippen LogP contribution < -0.4 is 0 Å². The molecule has 0 N–H and O–H groups in total. The van der Waals surface area contributed by atoms with Crippen molar-refractivity contribution >= 4 is 17.7 Å². The number of nitrogens with zero attached hydrogens (tertiary/aromatic N) is 1. The zero-order valence-corrected chi connectivity index (χ0v) is 10.3. The molecule has 0 fully saturated rings. The number of nitro groups is 1. The van der Waals surface area contributed by atoms with Gasteiger partial charge in [0.2, 0.25) is 5.70 Å². The Morgan fingerprint density at radius 1 is 1.28 bits per heavy atom.